The first-order valence-electron chi connectivity index (χ1n) is 10.4. The second kappa shape index (κ2) is 12.9. The molecule has 1 aromatic heterocycles. The normalized spacial score (nSPS) is 20.7. The second-order valence-corrected chi connectivity index (χ2v) is 8.84. The number of carbonyl (C=O) groups is 1. The minimum atomic E-state index is -0.889. The van der Waals surface area contributed by atoms with Crippen LogP contribution in [0.5, 0.6) is 11.5 Å². The molecule has 184 valence electrons. The van der Waals surface area contributed by atoms with Crippen molar-refractivity contribution < 1.29 is 43.4 Å². The van der Waals surface area contributed by atoms with Crippen LogP contribution in [0, 0.1) is 0 Å². The smallest absolute Gasteiger partial charge is 0.335 e. The molecule has 1 aliphatic heterocycles. The Hall–Kier alpha value is -1.41. The Morgan fingerprint density at radius 3 is 2.64 bits per heavy atom. The first kappa shape index (κ1) is 26.2. The van der Waals surface area contributed by atoms with Crippen LogP contribution in [0.25, 0.3) is 10.9 Å². The first-order valence-corrected chi connectivity index (χ1v) is 12.0. The molecule has 0 spiro atoms. The van der Waals surface area contributed by atoms with Crippen LogP contribution in [0.3, 0.4) is 0 Å². The zero-order chi connectivity index (χ0) is 23.8. The van der Waals surface area contributed by atoms with Gasteiger partial charge in [0.2, 0.25) is 6.29 Å². The summed E-state index contributed by atoms with van der Waals surface area (Å²) in [6.07, 6.45) is -0.401. The van der Waals surface area contributed by atoms with Crippen LogP contribution >= 0.6 is 31.9 Å². The van der Waals surface area contributed by atoms with Crippen LogP contribution in [0.1, 0.15) is 12.8 Å². The summed E-state index contributed by atoms with van der Waals surface area (Å²) in [5, 5.41) is 19.5. The van der Waals surface area contributed by atoms with Crippen molar-refractivity contribution in [2.45, 2.75) is 31.3 Å². The van der Waals surface area contributed by atoms with E-state index in [1.165, 1.54) is 7.11 Å². The third-order valence-corrected chi connectivity index (χ3v) is 6.20. The number of methoxy groups -OCH3 is 1. The summed E-state index contributed by atoms with van der Waals surface area (Å²) in [6.45, 7) is 1.74. The molecule has 1 aliphatic rings. The fourth-order valence-electron chi connectivity index (χ4n) is 3.35. The number of benzene rings is 1. The lowest BCUT2D eigenvalue weighted by atomic mass is 10.1. The summed E-state index contributed by atoms with van der Waals surface area (Å²) in [5.41, 5.74) is 0.786. The molecule has 0 amide bonds. The van der Waals surface area contributed by atoms with Gasteiger partial charge in [0.05, 0.1) is 66.1 Å². The van der Waals surface area contributed by atoms with Crippen LogP contribution in [-0.2, 0) is 23.7 Å². The summed E-state index contributed by atoms with van der Waals surface area (Å²) >= 11 is 7.11. The quantitative estimate of drug-likeness (QED) is 0.250. The van der Waals surface area contributed by atoms with Crippen LogP contribution in [0.2, 0.25) is 0 Å². The fraction of sp³-hybridized carbons (Fsp3) is 0.571. The standard InChI is InChI=1S/C21H27Br2NO9/c1-28-21(27)15-8-12(26)9-17(32-15)33-16-11-24-14-10-13(22)20(19(23)18(14)16)31-7-6-30-5-4-29-3-2-25/h10-12,15,17,24-26H,2-9H2,1H3/t12?,15-,17?/m0/s1. The second-order valence-electron chi connectivity index (χ2n) is 7.19. The van der Waals surface area contributed by atoms with E-state index in [0.29, 0.717) is 42.4 Å². The van der Waals surface area contributed by atoms with E-state index < -0.39 is 24.5 Å². The average molecular weight is 597 g/mol. The molecular formula is C21H27Br2NO9. The van der Waals surface area contributed by atoms with Crippen LogP contribution in [-0.4, -0.2) is 86.4 Å². The number of aromatic nitrogens is 1. The number of aliphatic hydroxyl groups excluding tert-OH is 2. The molecule has 33 heavy (non-hydrogen) atoms. The zero-order valence-electron chi connectivity index (χ0n) is 18.1. The van der Waals surface area contributed by atoms with E-state index in [-0.39, 0.29) is 26.1 Å². The number of fused-ring (bicyclic) bond motifs is 1. The molecule has 0 aliphatic carbocycles. The number of nitrogens with one attached hydrogen (secondary N) is 1. The van der Waals surface area contributed by atoms with Crippen molar-refractivity contribution in [3.63, 3.8) is 0 Å². The Morgan fingerprint density at radius 1 is 1.18 bits per heavy atom. The minimum Gasteiger partial charge on any atom is -0.489 e. The van der Waals surface area contributed by atoms with Gasteiger partial charge in [-0.3, -0.25) is 0 Å². The molecule has 2 heterocycles. The van der Waals surface area contributed by atoms with Crippen molar-refractivity contribution >= 4 is 48.7 Å². The predicted octanol–water partition coefficient (Wildman–Crippen LogP) is 2.52. The van der Waals surface area contributed by atoms with Gasteiger partial charge in [-0.1, -0.05) is 0 Å². The Morgan fingerprint density at radius 2 is 1.91 bits per heavy atom. The van der Waals surface area contributed by atoms with Crippen molar-refractivity contribution in [3.8, 4) is 11.5 Å². The van der Waals surface area contributed by atoms with Gasteiger partial charge in [-0.2, -0.15) is 0 Å². The SMILES string of the molecule is COC(=O)[C@@H]1CC(O)CC(Oc2c[nH]c3cc(Br)c(OCCOCCOCCO)c(Br)c23)O1. The molecule has 0 saturated carbocycles. The summed E-state index contributed by atoms with van der Waals surface area (Å²) in [7, 11) is 1.27. The van der Waals surface area contributed by atoms with Crippen molar-refractivity contribution in [3.05, 3.63) is 21.2 Å². The molecule has 3 rings (SSSR count). The van der Waals surface area contributed by atoms with Gasteiger partial charge < -0.3 is 43.6 Å². The van der Waals surface area contributed by atoms with Crippen molar-refractivity contribution in [1.29, 1.82) is 0 Å². The van der Waals surface area contributed by atoms with Crippen LogP contribution < -0.4 is 9.47 Å². The van der Waals surface area contributed by atoms with Gasteiger partial charge in [0, 0.05) is 19.0 Å². The van der Waals surface area contributed by atoms with Crippen LogP contribution in [0.15, 0.2) is 21.2 Å². The Kier molecular flexibility index (Phi) is 10.2. The highest BCUT2D eigenvalue weighted by molar-refractivity contribution is 9.11. The predicted molar refractivity (Wildman–Crippen MR) is 124 cm³/mol. The topological polar surface area (TPSA) is 129 Å². The van der Waals surface area contributed by atoms with Crippen molar-refractivity contribution in [2.75, 3.05) is 46.8 Å². The number of esters is 1. The van der Waals surface area contributed by atoms with E-state index in [2.05, 4.69) is 36.8 Å². The maximum Gasteiger partial charge on any atom is 0.335 e. The maximum atomic E-state index is 11.8. The molecule has 10 nitrogen and oxygen atoms in total. The molecule has 1 saturated heterocycles. The van der Waals surface area contributed by atoms with Gasteiger partial charge in [0.25, 0.3) is 0 Å². The molecule has 1 fully saturated rings. The van der Waals surface area contributed by atoms with Gasteiger partial charge in [0.1, 0.15) is 18.1 Å². The molecule has 3 N–H and O–H groups in total. The lowest BCUT2D eigenvalue weighted by Gasteiger charge is -2.31. The Bertz CT molecular complexity index is 923. The lowest BCUT2D eigenvalue weighted by molar-refractivity contribution is -0.197. The molecule has 2 unspecified atom stereocenters. The highest BCUT2D eigenvalue weighted by atomic mass is 79.9. The first-order chi connectivity index (χ1) is 15.9. The highest BCUT2D eigenvalue weighted by Gasteiger charge is 2.35. The summed E-state index contributed by atoms with van der Waals surface area (Å²) < 4.78 is 34.3. The summed E-state index contributed by atoms with van der Waals surface area (Å²) in [4.78, 5) is 15.0. The molecule has 1 aromatic carbocycles. The van der Waals surface area contributed by atoms with E-state index in [4.69, 9.17) is 33.5 Å². The third-order valence-electron chi connectivity index (χ3n) is 4.85. The van der Waals surface area contributed by atoms with Gasteiger partial charge in [0.15, 0.2) is 6.10 Å². The van der Waals surface area contributed by atoms with E-state index in [0.717, 1.165) is 15.4 Å². The molecule has 12 heteroatoms. The summed E-state index contributed by atoms with van der Waals surface area (Å²) in [6, 6.07) is 1.86. The number of hydrogen-bond acceptors (Lipinski definition) is 9. The number of rotatable bonds is 12. The number of ether oxygens (including phenoxy) is 6. The summed E-state index contributed by atoms with van der Waals surface area (Å²) in [5.74, 6) is 0.502. The number of halogens is 2. The van der Waals surface area contributed by atoms with E-state index in [1.807, 2.05) is 6.07 Å². The largest absolute Gasteiger partial charge is 0.489 e. The highest BCUT2D eigenvalue weighted by Crippen LogP contribution is 2.44. The van der Waals surface area contributed by atoms with Gasteiger partial charge in [-0.25, -0.2) is 4.79 Å². The van der Waals surface area contributed by atoms with E-state index >= 15 is 0 Å². The van der Waals surface area contributed by atoms with Crippen molar-refractivity contribution in [1.82, 2.24) is 4.98 Å². The third kappa shape index (κ3) is 7.04. The Labute approximate surface area is 207 Å². The molecule has 2 aromatic rings. The number of carbonyl (C=O) groups excluding carboxylic acids is 1. The average Bonchev–Trinajstić information content (AvgIpc) is 3.18. The van der Waals surface area contributed by atoms with Crippen molar-refractivity contribution in [2.24, 2.45) is 0 Å². The van der Waals surface area contributed by atoms with Gasteiger partial charge in [-0.05, 0) is 37.9 Å². The maximum absolute atomic E-state index is 11.8. The van der Waals surface area contributed by atoms with Crippen LogP contribution in [0.4, 0.5) is 0 Å². The fourth-order valence-corrected chi connectivity index (χ4v) is 4.89. The molecule has 3 atom stereocenters. The van der Waals surface area contributed by atoms with E-state index in [1.54, 1.807) is 6.20 Å². The van der Waals surface area contributed by atoms with E-state index in [9.17, 15) is 9.90 Å². The monoisotopic (exact) mass is 595 g/mol. The molecular weight excluding hydrogens is 570 g/mol. The zero-order valence-corrected chi connectivity index (χ0v) is 21.2. The molecule has 0 radical (unpaired) electrons. The number of aliphatic hydroxyl groups is 2. The number of hydrogen-bond donors (Lipinski definition) is 3. The lowest BCUT2D eigenvalue weighted by Crippen LogP contribution is -2.42. The number of aromatic amines is 1. The van der Waals surface area contributed by atoms with Gasteiger partial charge >= 0.3 is 5.97 Å². The Balaban J connectivity index is 1.65. The number of H-pyrrole nitrogens is 1. The molecule has 0 bridgehead atoms. The minimum absolute atomic E-state index is 0.0161. The van der Waals surface area contributed by atoms with Gasteiger partial charge in [-0.15, -0.1) is 0 Å².